The molecule has 0 bridgehead atoms. The maximum Gasteiger partial charge on any atom is 0.344 e. The Morgan fingerprint density at radius 3 is 2.48 bits per heavy atom. The molecule has 0 amide bonds. The third-order valence-corrected chi connectivity index (χ3v) is 5.28. The van der Waals surface area contributed by atoms with Crippen molar-refractivity contribution < 1.29 is 23.7 Å². The van der Waals surface area contributed by atoms with Crippen LogP contribution in [0, 0.1) is 0 Å². The number of benzene rings is 2. The van der Waals surface area contributed by atoms with Crippen LogP contribution in [-0.2, 0) is 14.3 Å². The van der Waals surface area contributed by atoms with Crippen LogP contribution < -0.4 is 14.4 Å². The highest BCUT2D eigenvalue weighted by atomic mass is 79.9. The van der Waals surface area contributed by atoms with Gasteiger partial charge in [0.2, 0.25) is 0 Å². The number of nitrogens with zero attached hydrogens (tertiary/aromatic N) is 2. The zero-order valence-corrected chi connectivity index (χ0v) is 19.4. The summed E-state index contributed by atoms with van der Waals surface area (Å²) in [6, 6.07) is 11.7. The third kappa shape index (κ3) is 6.70. The lowest BCUT2D eigenvalue weighted by Gasteiger charge is -2.28. The molecule has 1 aliphatic rings. The van der Waals surface area contributed by atoms with Crippen LogP contribution in [0.4, 0.5) is 11.4 Å². The van der Waals surface area contributed by atoms with Gasteiger partial charge in [0.1, 0.15) is 0 Å². The molecule has 1 fully saturated rings. The molecular formula is C23H27BrN2O5. The molecule has 0 aliphatic carbocycles. The number of esters is 1. The highest BCUT2D eigenvalue weighted by Crippen LogP contribution is 2.33. The second-order valence-corrected chi connectivity index (χ2v) is 7.58. The summed E-state index contributed by atoms with van der Waals surface area (Å²) < 4.78 is 22.4. The zero-order chi connectivity index (χ0) is 22.1. The van der Waals surface area contributed by atoms with Gasteiger partial charge < -0.3 is 23.8 Å². The van der Waals surface area contributed by atoms with Gasteiger partial charge in [-0.25, -0.2) is 4.79 Å². The van der Waals surface area contributed by atoms with E-state index in [-0.39, 0.29) is 6.61 Å². The molecule has 8 heteroatoms. The first kappa shape index (κ1) is 23.1. The summed E-state index contributed by atoms with van der Waals surface area (Å²) in [5.74, 6) is 0.583. The number of hydrogen-bond donors (Lipinski definition) is 0. The van der Waals surface area contributed by atoms with Gasteiger partial charge in [0.15, 0.2) is 18.1 Å². The number of anilines is 1. The number of carbonyl (C=O) groups is 1. The predicted molar refractivity (Wildman–Crippen MR) is 124 cm³/mol. The Hall–Kier alpha value is -2.58. The first-order valence-electron chi connectivity index (χ1n) is 10.3. The van der Waals surface area contributed by atoms with Gasteiger partial charge in [-0.05, 0) is 66.2 Å². The number of ether oxygens (including phenoxy) is 4. The number of rotatable bonds is 9. The van der Waals surface area contributed by atoms with Crippen LogP contribution in [0.1, 0.15) is 19.4 Å². The van der Waals surface area contributed by atoms with Crippen molar-refractivity contribution in [3.63, 3.8) is 0 Å². The smallest absolute Gasteiger partial charge is 0.344 e. The van der Waals surface area contributed by atoms with Crippen molar-refractivity contribution >= 4 is 39.5 Å². The van der Waals surface area contributed by atoms with Gasteiger partial charge in [-0.15, -0.1) is 0 Å². The summed E-state index contributed by atoms with van der Waals surface area (Å²) in [5, 5.41) is 0. The first-order valence-corrected chi connectivity index (χ1v) is 11.1. The minimum atomic E-state index is -0.424. The van der Waals surface area contributed by atoms with Crippen LogP contribution in [-0.4, -0.2) is 58.3 Å². The minimum absolute atomic E-state index is 0.177. The molecule has 0 atom stereocenters. The fourth-order valence-corrected chi connectivity index (χ4v) is 3.51. The molecule has 3 rings (SSSR count). The van der Waals surface area contributed by atoms with Crippen LogP contribution >= 0.6 is 15.9 Å². The van der Waals surface area contributed by atoms with Crippen LogP contribution in [0.5, 0.6) is 11.5 Å². The minimum Gasteiger partial charge on any atom is -0.490 e. The Balaban J connectivity index is 1.71. The molecule has 2 aromatic carbocycles. The van der Waals surface area contributed by atoms with Crippen LogP contribution in [0.25, 0.3) is 0 Å². The summed E-state index contributed by atoms with van der Waals surface area (Å²) in [6.07, 6.45) is 1.77. The standard InChI is InChI=1S/C23H27BrN2O5/c1-3-29-21-13-17(20(24)14-22(21)31-16-23(27)30-4-2)15-25-18-5-7-19(8-6-18)26-9-11-28-12-10-26/h5-8,13-15H,3-4,9-12,16H2,1-2H3. The van der Waals surface area contributed by atoms with Gasteiger partial charge in [0.25, 0.3) is 0 Å². The molecular weight excluding hydrogens is 464 g/mol. The quantitative estimate of drug-likeness (QED) is 0.383. The van der Waals surface area contributed by atoms with Crippen molar-refractivity contribution in [1.82, 2.24) is 0 Å². The number of morpholine rings is 1. The summed E-state index contributed by atoms with van der Waals surface area (Å²) in [6.45, 7) is 7.57. The van der Waals surface area contributed by atoms with E-state index in [1.807, 2.05) is 25.1 Å². The van der Waals surface area contributed by atoms with Gasteiger partial charge in [-0.1, -0.05) is 0 Å². The molecule has 1 aliphatic heterocycles. The molecule has 31 heavy (non-hydrogen) atoms. The third-order valence-electron chi connectivity index (χ3n) is 4.59. The van der Waals surface area contributed by atoms with Crippen molar-refractivity contribution in [2.24, 2.45) is 4.99 Å². The van der Waals surface area contributed by atoms with Crippen molar-refractivity contribution in [3.05, 3.63) is 46.4 Å². The number of hydrogen-bond acceptors (Lipinski definition) is 7. The van der Waals surface area contributed by atoms with Crippen molar-refractivity contribution in [3.8, 4) is 11.5 Å². The Labute approximate surface area is 191 Å². The van der Waals surface area contributed by atoms with E-state index in [0.29, 0.717) is 24.7 Å². The summed E-state index contributed by atoms with van der Waals surface area (Å²) in [4.78, 5) is 18.5. The van der Waals surface area contributed by atoms with Crippen molar-refractivity contribution in [1.29, 1.82) is 0 Å². The average Bonchev–Trinajstić information content (AvgIpc) is 2.79. The first-order chi connectivity index (χ1) is 15.1. The van der Waals surface area contributed by atoms with Crippen molar-refractivity contribution in [2.75, 3.05) is 51.0 Å². The SMILES string of the molecule is CCOC(=O)COc1cc(Br)c(C=Nc2ccc(N3CCOCC3)cc2)cc1OCC. The van der Waals surface area contributed by atoms with Crippen LogP contribution in [0.3, 0.4) is 0 Å². The lowest BCUT2D eigenvalue weighted by molar-refractivity contribution is -0.145. The molecule has 0 spiro atoms. The zero-order valence-electron chi connectivity index (χ0n) is 17.8. The van der Waals surface area contributed by atoms with E-state index in [1.165, 1.54) is 5.69 Å². The number of aliphatic imine (C=N–C) groups is 1. The second-order valence-electron chi connectivity index (χ2n) is 6.72. The molecule has 0 radical (unpaired) electrons. The lowest BCUT2D eigenvalue weighted by Crippen LogP contribution is -2.36. The van der Waals surface area contributed by atoms with Crippen LogP contribution in [0.2, 0.25) is 0 Å². The summed E-state index contributed by atoms with van der Waals surface area (Å²) in [7, 11) is 0. The summed E-state index contributed by atoms with van der Waals surface area (Å²) in [5.41, 5.74) is 2.86. The van der Waals surface area contributed by atoms with E-state index < -0.39 is 5.97 Å². The maximum atomic E-state index is 11.6. The molecule has 0 unspecified atom stereocenters. The molecule has 0 aromatic heterocycles. The van der Waals surface area contributed by atoms with Gasteiger partial charge in [-0.3, -0.25) is 4.99 Å². The molecule has 2 aromatic rings. The monoisotopic (exact) mass is 490 g/mol. The van der Waals surface area contributed by atoms with Gasteiger partial charge in [0.05, 0.1) is 32.1 Å². The molecule has 1 saturated heterocycles. The molecule has 7 nitrogen and oxygen atoms in total. The Morgan fingerprint density at radius 1 is 1.10 bits per heavy atom. The highest BCUT2D eigenvalue weighted by Gasteiger charge is 2.13. The normalized spacial score (nSPS) is 14.0. The predicted octanol–water partition coefficient (Wildman–Crippen LogP) is 4.38. The van der Waals surface area contributed by atoms with Gasteiger partial charge >= 0.3 is 5.97 Å². The number of carbonyl (C=O) groups excluding carboxylic acids is 1. The Kier molecular flexibility index (Phi) is 8.73. The fraction of sp³-hybridized carbons (Fsp3) is 0.391. The Bertz CT molecular complexity index is 896. The molecule has 166 valence electrons. The van der Waals surface area contributed by atoms with Crippen molar-refractivity contribution in [2.45, 2.75) is 13.8 Å². The van der Waals surface area contributed by atoms with E-state index in [4.69, 9.17) is 18.9 Å². The van der Waals surface area contributed by atoms with E-state index in [0.717, 1.165) is 42.0 Å². The lowest BCUT2D eigenvalue weighted by atomic mass is 10.2. The summed E-state index contributed by atoms with van der Waals surface area (Å²) >= 11 is 3.55. The highest BCUT2D eigenvalue weighted by molar-refractivity contribution is 9.10. The number of halogens is 1. The van der Waals surface area contributed by atoms with E-state index in [2.05, 4.69) is 38.0 Å². The molecule has 0 saturated carbocycles. The average molecular weight is 491 g/mol. The second kappa shape index (κ2) is 11.7. The van der Waals surface area contributed by atoms with Gasteiger partial charge in [-0.2, -0.15) is 0 Å². The molecule has 0 N–H and O–H groups in total. The Morgan fingerprint density at radius 2 is 1.81 bits per heavy atom. The largest absolute Gasteiger partial charge is 0.490 e. The topological polar surface area (TPSA) is 69.6 Å². The fourth-order valence-electron chi connectivity index (χ4n) is 3.09. The molecule has 1 heterocycles. The maximum absolute atomic E-state index is 11.6. The van der Waals surface area contributed by atoms with Crippen LogP contribution in [0.15, 0.2) is 45.9 Å². The van der Waals surface area contributed by atoms with E-state index in [1.54, 1.807) is 19.2 Å². The van der Waals surface area contributed by atoms with Gasteiger partial charge in [0, 0.05) is 35.0 Å². The van der Waals surface area contributed by atoms with E-state index >= 15 is 0 Å². The van der Waals surface area contributed by atoms with E-state index in [9.17, 15) is 4.79 Å².